The highest BCUT2D eigenvalue weighted by Crippen LogP contribution is 2.28. The number of benzene rings is 3. The predicted molar refractivity (Wildman–Crippen MR) is 90.2 cm³/mol. The van der Waals surface area contributed by atoms with Crippen molar-refractivity contribution < 1.29 is 4.74 Å². The van der Waals surface area contributed by atoms with Crippen molar-refractivity contribution in [3.63, 3.8) is 0 Å². The summed E-state index contributed by atoms with van der Waals surface area (Å²) < 4.78 is 6.22. The van der Waals surface area contributed by atoms with E-state index in [0.29, 0.717) is 0 Å². The van der Waals surface area contributed by atoms with Gasteiger partial charge in [-0.3, -0.25) is 4.99 Å². The lowest BCUT2D eigenvalue weighted by Gasteiger charge is -2.24. The van der Waals surface area contributed by atoms with Gasteiger partial charge in [0.1, 0.15) is 6.10 Å². The van der Waals surface area contributed by atoms with Gasteiger partial charge < -0.3 is 4.74 Å². The van der Waals surface area contributed by atoms with E-state index in [0.717, 1.165) is 24.4 Å². The van der Waals surface area contributed by atoms with Crippen molar-refractivity contribution in [1.82, 2.24) is 0 Å². The highest BCUT2D eigenvalue weighted by atomic mass is 16.5. The lowest BCUT2D eigenvalue weighted by molar-refractivity contribution is 0.170. The van der Waals surface area contributed by atoms with Crippen molar-refractivity contribution in [2.24, 2.45) is 4.99 Å². The molecule has 3 aromatic carbocycles. The maximum absolute atomic E-state index is 6.22. The number of aliphatic imine (C=N–C) groups is 1. The van der Waals surface area contributed by atoms with E-state index in [-0.39, 0.29) is 6.10 Å². The van der Waals surface area contributed by atoms with E-state index in [1.807, 2.05) is 6.07 Å². The second kappa shape index (κ2) is 5.64. The molecule has 1 aliphatic rings. The van der Waals surface area contributed by atoms with Crippen molar-refractivity contribution in [2.45, 2.75) is 12.5 Å². The molecular weight excluding hydrogens is 270 g/mol. The van der Waals surface area contributed by atoms with Gasteiger partial charge in [-0.2, -0.15) is 0 Å². The zero-order valence-corrected chi connectivity index (χ0v) is 12.3. The molecule has 0 amide bonds. The molecule has 2 heteroatoms. The zero-order chi connectivity index (χ0) is 14.8. The molecule has 22 heavy (non-hydrogen) atoms. The third-order valence-corrected chi connectivity index (χ3v) is 4.09. The number of hydrogen-bond acceptors (Lipinski definition) is 2. The fourth-order valence-electron chi connectivity index (χ4n) is 2.98. The summed E-state index contributed by atoms with van der Waals surface area (Å²) in [4.78, 5) is 4.62. The Balaban J connectivity index is 1.72. The molecule has 0 spiro atoms. The summed E-state index contributed by atoms with van der Waals surface area (Å²) in [5, 5.41) is 2.41. The standard InChI is InChI=1S/C20H17NO/c1-2-8-16(9-3-1)19-13-14-21-20(22-19)18-12-6-10-15-7-4-5-11-17(15)18/h1-12,19H,13-14H2/t19-/m0/s1. The van der Waals surface area contributed by atoms with E-state index < -0.39 is 0 Å². The topological polar surface area (TPSA) is 21.6 Å². The van der Waals surface area contributed by atoms with Crippen molar-refractivity contribution >= 4 is 16.7 Å². The molecule has 0 N–H and O–H groups in total. The molecule has 0 saturated heterocycles. The molecule has 0 fully saturated rings. The summed E-state index contributed by atoms with van der Waals surface area (Å²) >= 11 is 0. The maximum Gasteiger partial charge on any atom is 0.217 e. The maximum atomic E-state index is 6.22. The minimum absolute atomic E-state index is 0.0904. The van der Waals surface area contributed by atoms with Gasteiger partial charge >= 0.3 is 0 Å². The number of ether oxygens (including phenoxy) is 1. The molecule has 1 aliphatic heterocycles. The van der Waals surface area contributed by atoms with Crippen molar-refractivity contribution in [1.29, 1.82) is 0 Å². The van der Waals surface area contributed by atoms with Crippen LogP contribution in [0.3, 0.4) is 0 Å². The van der Waals surface area contributed by atoms with Crippen LogP contribution < -0.4 is 0 Å². The van der Waals surface area contributed by atoms with E-state index in [4.69, 9.17) is 4.74 Å². The first-order valence-electron chi connectivity index (χ1n) is 7.66. The number of rotatable bonds is 2. The minimum atomic E-state index is 0.0904. The van der Waals surface area contributed by atoms with Crippen LogP contribution in [0.5, 0.6) is 0 Å². The summed E-state index contributed by atoms with van der Waals surface area (Å²) in [5.41, 5.74) is 2.30. The van der Waals surface area contributed by atoms with Gasteiger partial charge in [0, 0.05) is 18.5 Å². The zero-order valence-electron chi connectivity index (χ0n) is 12.3. The van der Waals surface area contributed by atoms with E-state index in [1.165, 1.54) is 16.3 Å². The van der Waals surface area contributed by atoms with Crippen LogP contribution in [0.15, 0.2) is 77.8 Å². The molecule has 1 heterocycles. The summed E-state index contributed by atoms with van der Waals surface area (Å²) in [6.45, 7) is 0.804. The van der Waals surface area contributed by atoms with Crippen LogP contribution in [0.4, 0.5) is 0 Å². The van der Waals surface area contributed by atoms with Crippen LogP contribution in [0.2, 0.25) is 0 Å². The van der Waals surface area contributed by atoms with Gasteiger partial charge in [-0.15, -0.1) is 0 Å². The Morgan fingerprint density at radius 3 is 2.50 bits per heavy atom. The second-order valence-electron chi connectivity index (χ2n) is 5.52. The van der Waals surface area contributed by atoms with E-state index in [1.54, 1.807) is 0 Å². The molecule has 0 bridgehead atoms. The largest absolute Gasteiger partial charge is 0.469 e. The fourth-order valence-corrected chi connectivity index (χ4v) is 2.98. The van der Waals surface area contributed by atoms with Gasteiger partial charge in [-0.05, 0) is 22.4 Å². The van der Waals surface area contributed by atoms with E-state index >= 15 is 0 Å². The van der Waals surface area contributed by atoms with Crippen LogP contribution in [0, 0.1) is 0 Å². The molecule has 4 rings (SSSR count). The molecule has 0 aromatic heterocycles. The normalized spacial score (nSPS) is 17.8. The van der Waals surface area contributed by atoms with Gasteiger partial charge in [0.05, 0.1) is 0 Å². The van der Waals surface area contributed by atoms with Crippen molar-refractivity contribution in [3.05, 3.63) is 83.9 Å². The number of nitrogens with zero attached hydrogens (tertiary/aromatic N) is 1. The Hall–Kier alpha value is -2.61. The highest BCUT2D eigenvalue weighted by molar-refractivity contribution is 6.07. The lowest BCUT2D eigenvalue weighted by atomic mass is 10.0. The van der Waals surface area contributed by atoms with Crippen LogP contribution in [0.1, 0.15) is 23.7 Å². The van der Waals surface area contributed by atoms with Gasteiger partial charge in [0.15, 0.2) is 0 Å². The molecular formula is C20H17NO. The van der Waals surface area contributed by atoms with Crippen LogP contribution in [0.25, 0.3) is 10.8 Å². The number of fused-ring (bicyclic) bond motifs is 1. The third-order valence-electron chi connectivity index (χ3n) is 4.09. The van der Waals surface area contributed by atoms with Gasteiger partial charge in [-0.1, -0.05) is 66.7 Å². The molecule has 2 nitrogen and oxygen atoms in total. The first kappa shape index (κ1) is 13.1. The average molecular weight is 287 g/mol. The predicted octanol–water partition coefficient (Wildman–Crippen LogP) is 4.75. The summed E-state index contributed by atoms with van der Waals surface area (Å²) in [6, 6.07) is 25.0. The van der Waals surface area contributed by atoms with Gasteiger partial charge in [0.25, 0.3) is 0 Å². The van der Waals surface area contributed by atoms with Crippen LogP contribution in [-0.2, 0) is 4.74 Å². The number of hydrogen-bond donors (Lipinski definition) is 0. The molecule has 108 valence electrons. The summed E-state index contributed by atoms with van der Waals surface area (Å²) in [7, 11) is 0. The average Bonchev–Trinajstić information content (AvgIpc) is 2.62. The first-order chi connectivity index (χ1) is 10.9. The van der Waals surface area contributed by atoms with Crippen LogP contribution >= 0.6 is 0 Å². The van der Waals surface area contributed by atoms with E-state index in [2.05, 4.69) is 71.7 Å². The Kier molecular flexibility index (Phi) is 3.36. The fraction of sp³-hybridized carbons (Fsp3) is 0.150. The Labute approximate surface area is 130 Å². The molecule has 0 unspecified atom stereocenters. The summed E-state index contributed by atoms with van der Waals surface area (Å²) in [5.74, 6) is 0.761. The third kappa shape index (κ3) is 2.37. The minimum Gasteiger partial charge on any atom is -0.469 e. The smallest absolute Gasteiger partial charge is 0.217 e. The van der Waals surface area contributed by atoms with Crippen molar-refractivity contribution in [3.8, 4) is 0 Å². The van der Waals surface area contributed by atoms with Gasteiger partial charge in [0.2, 0.25) is 5.90 Å². The SMILES string of the molecule is c1ccc([C@@H]2CCN=C(c3cccc4ccccc34)O2)cc1. The molecule has 0 saturated carbocycles. The lowest BCUT2D eigenvalue weighted by Crippen LogP contribution is -2.19. The van der Waals surface area contributed by atoms with Crippen LogP contribution in [-0.4, -0.2) is 12.4 Å². The molecule has 3 aromatic rings. The second-order valence-corrected chi connectivity index (χ2v) is 5.52. The first-order valence-corrected chi connectivity index (χ1v) is 7.66. The molecule has 0 aliphatic carbocycles. The Bertz CT molecular complexity index is 818. The van der Waals surface area contributed by atoms with Gasteiger partial charge in [-0.25, -0.2) is 0 Å². The Morgan fingerprint density at radius 1 is 0.818 bits per heavy atom. The highest BCUT2D eigenvalue weighted by Gasteiger charge is 2.21. The Morgan fingerprint density at radius 2 is 1.59 bits per heavy atom. The molecule has 0 radical (unpaired) electrons. The monoisotopic (exact) mass is 287 g/mol. The quantitative estimate of drug-likeness (QED) is 0.666. The van der Waals surface area contributed by atoms with E-state index in [9.17, 15) is 0 Å². The molecule has 1 atom stereocenters. The summed E-state index contributed by atoms with van der Waals surface area (Å²) in [6.07, 6.45) is 1.02. The van der Waals surface area contributed by atoms with Crippen molar-refractivity contribution in [2.75, 3.05) is 6.54 Å².